The fourth-order valence-electron chi connectivity index (χ4n) is 4.06. The van der Waals surface area contributed by atoms with Gasteiger partial charge in [-0.2, -0.15) is 22.5 Å². The van der Waals surface area contributed by atoms with Crippen LogP contribution in [0.3, 0.4) is 0 Å². The van der Waals surface area contributed by atoms with Crippen molar-refractivity contribution in [1.29, 1.82) is 0 Å². The van der Waals surface area contributed by atoms with Crippen molar-refractivity contribution >= 4 is 39.9 Å². The van der Waals surface area contributed by atoms with Crippen LogP contribution in [0.2, 0.25) is 0 Å². The molecule has 5 rings (SSSR count). The van der Waals surface area contributed by atoms with E-state index >= 15 is 0 Å². The topological polar surface area (TPSA) is 143 Å². The molecule has 0 radical (unpaired) electrons. The Hall–Kier alpha value is -4.25. The Morgan fingerprint density at radius 3 is 2.58 bits per heavy atom. The van der Waals surface area contributed by atoms with Crippen LogP contribution >= 0.6 is 11.5 Å². The van der Waals surface area contributed by atoms with Crippen molar-refractivity contribution in [2.75, 3.05) is 29.1 Å². The van der Waals surface area contributed by atoms with Crippen molar-refractivity contribution in [2.24, 2.45) is 0 Å². The van der Waals surface area contributed by atoms with E-state index in [-0.39, 0.29) is 35.2 Å². The van der Waals surface area contributed by atoms with Crippen LogP contribution in [-0.4, -0.2) is 61.5 Å². The number of rotatable bonds is 9. The minimum Gasteiger partial charge on any atom is -0.388 e. The van der Waals surface area contributed by atoms with E-state index in [0.717, 1.165) is 17.6 Å². The number of aromatic nitrogens is 4. The van der Waals surface area contributed by atoms with Gasteiger partial charge in [-0.15, -0.1) is 0 Å². The molecule has 0 saturated carbocycles. The molecule has 1 saturated heterocycles. The number of aliphatic hydroxyl groups is 1. The van der Waals surface area contributed by atoms with Gasteiger partial charge in [0.1, 0.15) is 29.9 Å². The number of anilines is 4. The first-order valence-corrected chi connectivity index (χ1v) is 13.6. The van der Waals surface area contributed by atoms with Crippen LogP contribution in [0.1, 0.15) is 29.8 Å². The molecule has 1 aliphatic rings. The SMILES string of the molecule is CC1(C)OC[C@@H]([C@@H](O)CNc2cc(Nc3ccc(C(=O)Nc4nc(-c5ccc(F)c(C(F)(F)F)c5)ns4)cc3)ncn2)O1. The predicted molar refractivity (Wildman–Crippen MR) is 149 cm³/mol. The van der Waals surface area contributed by atoms with Crippen molar-refractivity contribution in [3.05, 3.63) is 71.8 Å². The largest absolute Gasteiger partial charge is 0.419 e. The zero-order valence-corrected chi connectivity index (χ0v) is 23.5. The monoisotopic (exact) mass is 619 g/mol. The average molecular weight is 620 g/mol. The van der Waals surface area contributed by atoms with Gasteiger partial charge in [0, 0.05) is 41.0 Å². The summed E-state index contributed by atoms with van der Waals surface area (Å²) in [5, 5.41) is 19.1. The maximum Gasteiger partial charge on any atom is 0.419 e. The number of halogens is 4. The number of amides is 1. The lowest BCUT2D eigenvalue weighted by molar-refractivity contribution is -0.149. The van der Waals surface area contributed by atoms with Gasteiger partial charge in [-0.05, 0) is 56.3 Å². The van der Waals surface area contributed by atoms with Crippen LogP contribution in [0.25, 0.3) is 11.4 Å². The number of carbonyl (C=O) groups is 1. The van der Waals surface area contributed by atoms with Crippen molar-refractivity contribution in [3.63, 3.8) is 0 Å². The van der Waals surface area contributed by atoms with E-state index in [1.54, 1.807) is 44.2 Å². The second-order valence-electron chi connectivity index (χ2n) is 9.88. The summed E-state index contributed by atoms with van der Waals surface area (Å²) in [6.07, 6.45) is -4.80. The molecule has 0 aliphatic carbocycles. The first kappa shape index (κ1) is 30.2. The Morgan fingerprint density at radius 1 is 1.14 bits per heavy atom. The first-order valence-electron chi connectivity index (χ1n) is 12.8. The zero-order valence-electron chi connectivity index (χ0n) is 22.6. The van der Waals surface area contributed by atoms with Gasteiger partial charge in [-0.3, -0.25) is 10.1 Å². The molecule has 1 aliphatic heterocycles. The van der Waals surface area contributed by atoms with E-state index in [1.165, 1.54) is 6.33 Å². The molecular formula is C27H25F4N7O4S. The first-order chi connectivity index (χ1) is 20.4. The third kappa shape index (κ3) is 7.59. The summed E-state index contributed by atoms with van der Waals surface area (Å²) in [5.74, 6) is -1.81. The lowest BCUT2D eigenvalue weighted by Crippen LogP contribution is -2.35. The fraction of sp³-hybridized carbons (Fsp3) is 0.296. The van der Waals surface area contributed by atoms with E-state index in [1.807, 2.05) is 0 Å². The molecule has 2 aromatic carbocycles. The van der Waals surface area contributed by atoms with Crippen molar-refractivity contribution in [1.82, 2.24) is 19.3 Å². The van der Waals surface area contributed by atoms with Gasteiger partial charge in [-0.25, -0.2) is 14.4 Å². The van der Waals surface area contributed by atoms with Crippen LogP contribution in [0, 0.1) is 5.82 Å². The number of hydrogen-bond acceptors (Lipinski definition) is 11. The Bertz CT molecular complexity index is 1600. The fourth-order valence-corrected chi connectivity index (χ4v) is 4.65. The number of aliphatic hydroxyl groups excluding tert-OH is 1. The van der Waals surface area contributed by atoms with Crippen LogP contribution in [0.5, 0.6) is 0 Å². The molecule has 0 bridgehead atoms. The summed E-state index contributed by atoms with van der Waals surface area (Å²) < 4.78 is 67.8. The third-order valence-electron chi connectivity index (χ3n) is 6.21. The van der Waals surface area contributed by atoms with E-state index in [2.05, 4.69) is 35.3 Å². The molecule has 0 spiro atoms. The number of alkyl halides is 3. The van der Waals surface area contributed by atoms with Gasteiger partial charge < -0.3 is 25.2 Å². The number of carbonyl (C=O) groups excluding carboxylic acids is 1. The summed E-state index contributed by atoms with van der Waals surface area (Å²) in [6.45, 7) is 4.02. The average Bonchev–Trinajstić information content (AvgIpc) is 3.58. The molecule has 2 aromatic heterocycles. The predicted octanol–water partition coefficient (Wildman–Crippen LogP) is 5.07. The molecule has 16 heteroatoms. The maximum absolute atomic E-state index is 13.6. The molecule has 43 heavy (non-hydrogen) atoms. The molecule has 3 heterocycles. The van der Waals surface area contributed by atoms with Gasteiger partial charge >= 0.3 is 6.18 Å². The highest BCUT2D eigenvalue weighted by Gasteiger charge is 2.37. The molecule has 2 atom stereocenters. The van der Waals surface area contributed by atoms with E-state index in [9.17, 15) is 27.5 Å². The van der Waals surface area contributed by atoms with Crippen LogP contribution in [0.15, 0.2) is 54.9 Å². The minimum absolute atomic E-state index is 0.0402. The van der Waals surface area contributed by atoms with E-state index in [4.69, 9.17) is 9.47 Å². The Morgan fingerprint density at radius 2 is 1.88 bits per heavy atom. The Labute approximate surface area is 246 Å². The van der Waals surface area contributed by atoms with Gasteiger partial charge in [-0.1, -0.05) is 0 Å². The summed E-state index contributed by atoms with van der Waals surface area (Å²) in [6, 6.07) is 10.5. The molecule has 0 unspecified atom stereocenters. The van der Waals surface area contributed by atoms with Crippen LogP contribution < -0.4 is 16.0 Å². The highest BCUT2D eigenvalue weighted by molar-refractivity contribution is 7.10. The number of benzene rings is 2. The number of nitrogens with one attached hydrogen (secondary N) is 3. The quantitative estimate of drug-likeness (QED) is 0.188. The lowest BCUT2D eigenvalue weighted by Gasteiger charge is -2.20. The summed E-state index contributed by atoms with van der Waals surface area (Å²) in [5.41, 5.74) is -0.568. The van der Waals surface area contributed by atoms with Crippen molar-refractivity contribution in [3.8, 4) is 11.4 Å². The molecule has 226 valence electrons. The zero-order chi connectivity index (χ0) is 30.8. The van der Waals surface area contributed by atoms with Gasteiger partial charge in [0.05, 0.1) is 18.3 Å². The molecule has 11 nitrogen and oxygen atoms in total. The summed E-state index contributed by atoms with van der Waals surface area (Å²) in [4.78, 5) is 25.1. The third-order valence-corrected chi connectivity index (χ3v) is 6.85. The molecule has 1 fully saturated rings. The Balaban J connectivity index is 1.16. The van der Waals surface area contributed by atoms with Crippen molar-refractivity contribution < 1.29 is 36.9 Å². The summed E-state index contributed by atoms with van der Waals surface area (Å²) >= 11 is 0.774. The second-order valence-corrected chi connectivity index (χ2v) is 10.6. The number of hydrogen-bond donors (Lipinski definition) is 4. The summed E-state index contributed by atoms with van der Waals surface area (Å²) in [7, 11) is 0. The van der Waals surface area contributed by atoms with Crippen LogP contribution in [-0.2, 0) is 15.7 Å². The lowest BCUT2D eigenvalue weighted by atomic mass is 10.1. The second kappa shape index (κ2) is 12.2. The normalized spacial score (nSPS) is 17.0. The van der Waals surface area contributed by atoms with E-state index < -0.39 is 41.5 Å². The number of nitrogens with zero attached hydrogens (tertiary/aromatic N) is 4. The number of ether oxygens (including phenoxy) is 2. The highest BCUT2D eigenvalue weighted by Crippen LogP contribution is 2.34. The van der Waals surface area contributed by atoms with Gasteiger partial charge in [0.2, 0.25) is 5.13 Å². The Kier molecular flexibility index (Phi) is 8.55. The van der Waals surface area contributed by atoms with Gasteiger partial charge in [0.15, 0.2) is 11.6 Å². The maximum atomic E-state index is 13.6. The molecule has 1 amide bonds. The van der Waals surface area contributed by atoms with Crippen molar-refractivity contribution in [2.45, 2.75) is 38.0 Å². The molecule has 4 aromatic rings. The van der Waals surface area contributed by atoms with Crippen LogP contribution in [0.4, 0.5) is 40.0 Å². The molecular weight excluding hydrogens is 594 g/mol. The smallest absolute Gasteiger partial charge is 0.388 e. The van der Waals surface area contributed by atoms with Gasteiger partial charge in [0.25, 0.3) is 5.91 Å². The highest BCUT2D eigenvalue weighted by atomic mass is 32.1. The van der Waals surface area contributed by atoms with E-state index in [0.29, 0.717) is 29.5 Å². The molecule has 4 N–H and O–H groups in total. The standard InChI is InChI=1S/C27H25F4N7O4S/c1-26(2)41-12-20(42-26)19(39)11-32-21-10-22(34-13-33-21)35-16-6-3-14(4-7-16)24(40)37-25-36-23(38-43-25)15-5-8-18(28)17(9-15)27(29,30)31/h3-10,13,19-20,39H,11-12H2,1-2H3,(H2,32,33,34,35)(H,36,37,38,40)/t19-,20-/m0/s1. The minimum atomic E-state index is -4.87.